The van der Waals surface area contributed by atoms with E-state index in [4.69, 9.17) is 0 Å². The van der Waals surface area contributed by atoms with Crippen LogP contribution in [0.15, 0.2) is 34.4 Å². The molecule has 1 aromatic carbocycles. The van der Waals surface area contributed by atoms with E-state index in [1.807, 2.05) is 11.8 Å². The quantitative estimate of drug-likeness (QED) is 0.800. The summed E-state index contributed by atoms with van der Waals surface area (Å²) in [5.74, 6) is 0. The molecule has 3 nitrogen and oxygen atoms in total. The molecule has 2 aromatic rings. The van der Waals surface area contributed by atoms with Crippen molar-refractivity contribution in [1.82, 2.24) is 8.94 Å². The highest BCUT2D eigenvalue weighted by molar-refractivity contribution is 8.00. The first-order valence-corrected chi connectivity index (χ1v) is 7.49. The van der Waals surface area contributed by atoms with Crippen LogP contribution in [0.4, 0.5) is 5.69 Å². The van der Waals surface area contributed by atoms with Crippen molar-refractivity contribution in [2.24, 2.45) is 4.99 Å². The van der Waals surface area contributed by atoms with E-state index in [9.17, 15) is 0 Å². The summed E-state index contributed by atoms with van der Waals surface area (Å²) >= 11 is 3.31. The van der Waals surface area contributed by atoms with Gasteiger partial charge in [-0.3, -0.25) is 4.57 Å². The summed E-state index contributed by atoms with van der Waals surface area (Å²) in [5.41, 5.74) is 2.25. The Kier molecular flexibility index (Phi) is 2.83. The topological polar surface area (TPSA) is 30.2 Å². The SMILES string of the molecule is Cc1ccc(N=c2snc3n2CC(C)(C)S3)cc1. The molecule has 0 saturated heterocycles. The number of hydrogen-bond donors (Lipinski definition) is 0. The molecule has 1 aliphatic rings. The van der Waals surface area contributed by atoms with Crippen molar-refractivity contribution >= 4 is 29.0 Å². The summed E-state index contributed by atoms with van der Waals surface area (Å²) in [5, 5.41) is 1.09. The fourth-order valence-electron chi connectivity index (χ4n) is 1.94. The first-order chi connectivity index (χ1) is 8.53. The Hall–Kier alpha value is -1.07. The van der Waals surface area contributed by atoms with E-state index < -0.39 is 0 Å². The monoisotopic (exact) mass is 277 g/mol. The van der Waals surface area contributed by atoms with Crippen molar-refractivity contribution in [2.45, 2.75) is 37.2 Å². The van der Waals surface area contributed by atoms with Crippen LogP contribution in [0, 0.1) is 6.92 Å². The summed E-state index contributed by atoms with van der Waals surface area (Å²) in [6, 6.07) is 8.28. The van der Waals surface area contributed by atoms with Crippen molar-refractivity contribution in [2.75, 3.05) is 0 Å². The third-order valence-corrected chi connectivity index (χ3v) is 4.86. The standard InChI is InChI=1S/C13H15N3S2/c1-9-4-6-10(7-5-9)14-11-16-8-13(2,3)17-12(16)15-18-11/h4-7H,8H2,1-3H3. The summed E-state index contributed by atoms with van der Waals surface area (Å²) in [6.45, 7) is 7.55. The normalized spacial score (nSPS) is 18.1. The highest BCUT2D eigenvalue weighted by Gasteiger charge is 2.31. The number of aryl methyl sites for hydroxylation is 1. The van der Waals surface area contributed by atoms with Gasteiger partial charge in [-0.15, -0.1) is 0 Å². The molecule has 0 radical (unpaired) electrons. The summed E-state index contributed by atoms with van der Waals surface area (Å²) < 4.78 is 6.93. The van der Waals surface area contributed by atoms with Gasteiger partial charge in [0.25, 0.3) is 0 Å². The van der Waals surface area contributed by atoms with Crippen LogP contribution in [0.5, 0.6) is 0 Å². The molecule has 0 spiro atoms. The van der Waals surface area contributed by atoms with Crippen LogP contribution in [0.1, 0.15) is 19.4 Å². The molecule has 1 aromatic heterocycles. The third-order valence-electron chi connectivity index (χ3n) is 2.83. The Morgan fingerprint density at radius 3 is 2.72 bits per heavy atom. The molecule has 0 bridgehead atoms. The summed E-state index contributed by atoms with van der Waals surface area (Å²) in [4.78, 5) is 5.68. The van der Waals surface area contributed by atoms with Crippen molar-refractivity contribution in [1.29, 1.82) is 0 Å². The molecule has 94 valence electrons. The molecule has 0 amide bonds. The van der Waals surface area contributed by atoms with Gasteiger partial charge < -0.3 is 0 Å². The lowest BCUT2D eigenvalue weighted by atomic mass is 10.2. The van der Waals surface area contributed by atoms with Crippen molar-refractivity contribution in [3.8, 4) is 0 Å². The number of fused-ring (bicyclic) bond motifs is 1. The highest BCUT2D eigenvalue weighted by Crippen LogP contribution is 2.38. The van der Waals surface area contributed by atoms with Crippen LogP contribution < -0.4 is 4.80 Å². The van der Waals surface area contributed by atoms with Gasteiger partial charge in [0.2, 0.25) is 4.80 Å². The Morgan fingerprint density at radius 1 is 1.28 bits per heavy atom. The summed E-state index contributed by atoms with van der Waals surface area (Å²) in [6.07, 6.45) is 0. The molecule has 3 rings (SSSR count). The van der Waals surface area contributed by atoms with E-state index in [1.165, 1.54) is 17.1 Å². The second-order valence-corrected chi connectivity index (χ2v) is 7.55. The minimum Gasteiger partial charge on any atom is -0.293 e. The predicted octanol–water partition coefficient (Wildman–Crippen LogP) is 3.37. The molecular weight excluding hydrogens is 262 g/mol. The molecule has 1 aliphatic heterocycles. The zero-order chi connectivity index (χ0) is 12.8. The first kappa shape index (κ1) is 12.0. The van der Waals surface area contributed by atoms with Crippen LogP contribution in [0.3, 0.4) is 0 Å². The van der Waals surface area contributed by atoms with Gasteiger partial charge in [-0.2, -0.15) is 4.37 Å². The Morgan fingerprint density at radius 2 is 2.00 bits per heavy atom. The molecule has 0 atom stereocenters. The van der Waals surface area contributed by atoms with Crippen molar-refractivity contribution in [3.05, 3.63) is 34.6 Å². The second-order valence-electron chi connectivity index (χ2n) is 5.14. The number of thioether (sulfide) groups is 1. The number of benzene rings is 1. The van der Waals surface area contributed by atoms with Gasteiger partial charge >= 0.3 is 0 Å². The van der Waals surface area contributed by atoms with Crippen LogP contribution in [-0.2, 0) is 6.54 Å². The average Bonchev–Trinajstić information content (AvgIpc) is 2.79. The van der Waals surface area contributed by atoms with Gasteiger partial charge in [0.1, 0.15) is 0 Å². The average molecular weight is 277 g/mol. The Balaban J connectivity index is 2.02. The van der Waals surface area contributed by atoms with Crippen LogP contribution in [0.25, 0.3) is 0 Å². The van der Waals surface area contributed by atoms with E-state index in [-0.39, 0.29) is 4.75 Å². The maximum Gasteiger partial charge on any atom is 0.210 e. The molecule has 0 N–H and O–H groups in total. The Labute approximate surface area is 115 Å². The van der Waals surface area contributed by atoms with Crippen LogP contribution in [0.2, 0.25) is 0 Å². The van der Waals surface area contributed by atoms with E-state index in [0.717, 1.165) is 22.2 Å². The molecule has 0 fully saturated rings. The third kappa shape index (κ3) is 2.24. The van der Waals surface area contributed by atoms with Crippen molar-refractivity contribution in [3.63, 3.8) is 0 Å². The van der Waals surface area contributed by atoms with Gasteiger partial charge in [-0.05, 0) is 32.9 Å². The second kappa shape index (κ2) is 4.24. The maximum atomic E-state index is 4.69. The lowest BCUT2D eigenvalue weighted by molar-refractivity contribution is 0.555. The first-order valence-electron chi connectivity index (χ1n) is 5.90. The summed E-state index contributed by atoms with van der Waals surface area (Å²) in [7, 11) is 0. The number of hydrogen-bond acceptors (Lipinski definition) is 4. The van der Waals surface area contributed by atoms with Crippen molar-refractivity contribution < 1.29 is 0 Å². The lowest BCUT2D eigenvalue weighted by Crippen LogP contribution is -2.21. The van der Waals surface area contributed by atoms with Gasteiger partial charge in [0, 0.05) is 22.8 Å². The molecule has 0 aliphatic carbocycles. The van der Waals surface area contributed by atoms with Crippen LogP contribution in [-0.4, -0.2) is 13.7 Å². The maximum absolute atomic E-state index is 4.69. The number of aromatic nitrogens is 2. The smallest absolute Gasteiger partial charge is 0.210 e. The molecule has 18 heavy (non-hydrogen) atoms. The zero-order valence-corrected chi connectivity index (χ0v) is 12.3. The van der Waals surface area contributed by atoms with E-state index in [2.05, 4.69) is 59.0 Å². The van der Waals surface area contributed by atoms with Gasteiger partial charge in [0.05, 0.1) is 5.69 Å². The zero-order valence-electron chi connectivity index (χ0n) is 10.7. The Bertz CT molecular complexity index is 635. The minimum absolute atomic E-state index is 0.230. The van der Waals surface area contributed by atoms with E-state index >= 15 is 0 Å². The minimum atomic E-state index is 0.230. The molecule has 5 heteroatoms. The number of rotatable bonds is 1. The fourth-order valence-corrected chi connectivity index (χ4v) is 3.86. The fraction of sp³-hybridized carbons (Fsp3) is 0.385. The molecule has 0 saturated carbocycles. The molecule has 2 heterocycles. The predicted molar refractivity (Wildman–Crippen MR) is 76.4 cm³/mol. The van der Waals surface area contributed by atoms with E-state index in [1.54, 1.807) is 0 Å². The van der Waals surface area contributed by atoms with Crippen LogP contribution >= 0.6 is 23.3 Å². The molecular formula is C13H15N3S2. The molecule has 0 unspecified atom stereocenters. The van der Waals surface area contributed by atoms with E-state index in [0.29, 0.717) is 0 Å². The van der Waals surface area contributed by atoms with Gasteiger partial charge in [0.15, 0.2) is 5.16 Å². The number of nitrogens with zero attached hydrogens (tertiary/aromatic N) is 3. The highest BCUT2D eigenvalue weighted by atomic mass is 32.2. The van der Waals surface area contributed by atoms with Gasteiger partial charge in [-0.25, -0.2) is 4.99 Å². The lowest BCUT2D eigenvalue weighted by Gasteiger charge is -2.12. The largest absolute Gasteiger partial charge is 0.293 e. The van der Waals surface area contributed by atoms with Gasteiger partial charge in [-0.1, -0.05) is 29.5 Å².